The topological polar surface area (TPSA) is 46.2 Å². The maximum Gasteiger partial charge on any atom is 0.416 e. The molecule has 22 heavy (non-hydrogen) atoms. The Bertz CT molecular complexity index is 530. The summed E-state index contributed by atoms with van der Waals surface area (Å²) in [6.45, 7) is 4.58. The van der Waals surface area contributed by atoms with Crippen molar-refractivity contribution in [3.05, 3.63) is 34.9 Å². The number of rotatable bonds is 2. The molecule has 0 radical (unpaired) electrons. The van der Waals surface area contributed by atoms with Gasteiger partial charge in [0.15, 0.2) is 0 Å². The van der Waals surface area contributed by atoms with Crippen LogP contribution in [0.4, 0.5) is 26.3 Å². The van der Waals surface area contributed by atoms with Gasteiger partial charge in [-0.2, -0.15) is 26.3 Å². The molecule has 1 aromatic rings. The van der Waals surface area contributed by atoms with Gasteiger partial charge in [-0.05, 0) is 29.2 Å². The number of hydrogen-bond acceptors (Lipinski definition) is 2. The number of alkyl halides is 6. The molecule has 0 fully saturated rings. The quantitative estimate of drug-likeness (QED) is 0.802. The summed E-state index contributed by atoms with van der Waals surface area (Å²) in [6, 6.07) is -0.558. The molecule has 0 bridgehead atoms. The Hall–Kier alpha value is -1.28. The Kier molecular flexibility index (Phi) is 4.89. The monoisotopic (exact) mass is 329 g/mol. The Morgan fingerprint density at radius 3 is 1.82 bits per heavy atom. The lowest BCUT2D eigenvalue weighted by Crippen LogP contribution is -2.38. The van der Waals surface area contributed by atoms with E-state index in [2.05, 4.69) is 0 Å². The molecular weight excluding hydrogens is 312 g/mol. The lowest BCUT2D eigenvalue weighted by molar-refractivity contribution is -0.142. The van der Waals surface area contributed by atoms with Crippen LogP contribution in [-0.2, 0) is 12.4 Å². The van der Waals surface area contributed by atoms with Crippen LogP contribution in [-0.4, -0.2) is 11.2 Å². The highest BCUT2D eigenvalue weighted by atomic mass is 19.4. The highest BCUT2D eigenvalue weighted by Gasteiger charge is 2.40. The first-order valence-corrected chi connectivity index (χ1v) is 6.37. The molecule has 0 aliphatic heterocycles. The summed E-state index contributed by atoms with van der Waals surface area (Å²) in [5.74, 6) is 0. The molecular formula is C14H17F6NO. The zero-order chi connectivity index (χ0) is 17.5. The SMILES string of the molecule is CC(C)(C)[C@@H](O)[C@@H](N)c1cc(C(F)(F)F)ccc1C(F)(F)F. The van der Waals surface area contributed by atoms with Crippen molar-refractivity contribution >= 4 is 0 Å². The molecule has 0 saturated carbocycles. The zero-order valence-corrected chi connectivity index (χ0v) is 12.2. The van der Waals surface area contributed by atoms with Crippen LogP contribution in [0.5, 0.6) is 0 Å². The van der Waals surface area contributed by atoms with Gasteiger partial charge in [-0.1, -0.05) is 20.8 Å². The van der Waals surface area contributed by atoms with Crippen molar-refractivity contribution in [3.8, 4) is 0 Å². The van der Waals surface area contributed by atoms with Crippen molar-refractivity contribution < 1.29 is 31.4 Å². The van der Waals surface area contributed by atoms with Crippen LogP contribution in [0.1, 0.15) is 43.5 Å². The minimum atomic E-state index is -4.87. The molecule has 0 saturated heterocycles. The fourth-order valence-corrected chi connectivity index (χ4v) is 1.98. The average molecular weight is 329 g/mol. The fraction of sp³-hybridized carbons (Fsp3) is 0.571. The average Bonchev–Trinajstić information content (AvgIpc) is 2.33. The third kappa shape index (κ3) is 4.13. The summed E-state index contributed by atoms with van der Waals surface area (Å²) in [7, 11) is 0. The summed E-state index contributed by atoms with van der Waals surface area (Å²) in [4.78, 5) is 0. The number of halogens is 6. The number of hydrogen-bond donors (Lipinski definition) is 2. The highest BCUT2D eigenvalue weighted by Crippen LogP contribution is 2.40. The van der Waals surface area contributed by atoms with Gasteiger partial charge in [0, 0.05) is 0 Å². The highest BCUT2D eigenvalue weighted by molar-refractivity contribution is 5.38. The second kappa shape index (κ2) is 5.73. The number of benzene rings is 1. The van der Waals surface area contributed by atoms with Crippen molar-refractivity contribution in [2.24, 2.45) is 11.1 Å². The minimum Gasteiger partial charge on any atom is -0.391 e. The van der Waals surface area contributed by atoms with Crippen LogP contribution >= 0.6 is 0 Å². The standard InChI is InChI=1S/C14H17F6NO/c1-12(2,3)11(22)10(21)8-6-7(13(15,16)17)4-5-9(8)14(18,19)20/h4-6,10-11,22H,21H2,1-3H3/t10-,11-/m0/s1. The van der Waals surface area contributed by atoms with Crippen LogP contribution in [0.15, 0.2) is 18.2 Å². The third-order valence-corrected chi connectivity index (χ3v) is 3.27. The molecule has 0 aliphatic rings. The van der Waals surface area contributed by atoms with E-state index >= 15 is 0 Å². The molecule has 0 heterocycles. The molecule has 3 N–H and O–H groups in total. The normalized spacial score (nSPS) is 16.5. The zero-order valence-electron chi connectivity index (χ0n) is 12.2. The summed E-state index contributed by atoms with van der Waals surface area (Å²) < 4.78 is 77.1. The molecule has 0 spiro atoms. The van der Waals surface area contributed by atoms with E-state index in [0.29, 0.717) is 18.2 Å². The fourth-order valence-electron chi connectivity index (χ4n) is 1.98. The summed E-state index contributed by atoms with van der Waals surface area (Å²) >= 11 is 0. The van der Waals surface area contributed by atoms with Crippen LogP contribution in [0.25, 0.3) is 0 Å². The molecule has 2 atom stereocenters. The van der Waals surface area contributed by atoms with Gasteiger partial charge >= 0.3 is 12.4 Å². The molecule has 1 aromatic carbocycles. The molecule has 0 unspecified atom stereocenters. The predicted octanol–water partition coefficient (Wildman–Crippen LogP) is 4.13. The van der Waals surface area contributed by atoms with E-state index in [-0.39, 0.29) is 0 Å². The van der Waals surface area contributed by atoms with Crippen LogP contribution in [0.3, 0.4) is 0 Å². The maximum atomic E-state index is 13.0. The van der Waals surface area contributed by atoms with Crippen molar-refractivity contribution in [2.75, 3.05) is 0 Å². The van der Waals surface area contributed by atoms with Crippen molar-refractivity contribution in [2.45, 2.75) is 45.3 Å². The summed E-state index contributed by atoms with van der Waals surface area (Å²) in [5, 5.41) is 10.0. The molecule has 0 amide bonds. The van der Waals surface area contributed by atoms with E-state index in [1.165, 1.54) is 20.8 Å². The van der Waals surface area contributed by atoms with E-state index in [1.807, 2.05) is 0 Å². The predicted molar refractivity (Wildman–Crippen MR) is 68.8 cm³/mol. The van der Waals surface area contributed by atoms with Gasteiger partial charge in [-0.15, -0.1) is 0 Å². The number of aliphatic hydroxyl groups excluding tert-OH is 1. The van der Waals surface area contributed by atoms with E-state index in [1.54, 1.807) is 0 Å². The van der Waals surface area contributed by atoms with Gasteiger partial charge < -0.3 is 10.8 Å². The van der Waals surface area contributed by atoms with E-state index in [4.69, 9.17) is 5.73 Å². The molecule has 0 aromatic heterocycles. The van der Waals surface area contributed by atoms with Gasteiger partial charge in [-0.25, -0.2) is 0 Å². The van der Waals surface area contributed by atoms with E-state index in [0.717, 1.165) is 0 Å². The molecule has 0 aliphatic carbocycles. The Labute approximate surface area is 123 Å². The van der Waals surface area contributed by atoms with Gasteiger partial charge in [-0.3, -0.25) is 0 Å². The molecule has 8 heteroatoms. The third-order valence-electron chi connectivity index (χ3n) is 3.27. The second-order valence-electron chi connectivity index (χ2n) is 6.13. The number of nitrogens with two attached hydrogens (primary N) is 1. The van der Waals surface area contributed by atoms with Gasteiger partial charge in [0.05, 0.1) is 23.3 Å². The van der Waals surface area contributed by atoms with Gasteiger partial charge in [0.2, 0.25) is 0 Å². The first-order valence-electron chi connectivity index (χ1n) is 6.37. The van der Waals surface area contributed by atoms with Gasteiger partial charge in [0.1, 0.15) is 0 Å². The summed E-state index contributed by atoms with van der Waals surface area (Å²) in [6.07, 6.45) is -11.1. The van der Waals surface area contributed by atoms with E-state index in [9.17, 15) is 31.4 Å². The molecule has 2 nitrogen and oxygen atoms in total. The first-order chi connectivity index (χ1) is 9.65. The minimum absolute atomic E-state index is 0.341. The first kappa shape index (κ1) is 18.8. The second-order valence-corrected chi connectivity index (χ2v) is 6.13. The lowest BCUT2D eigenvalue weighted by atomic mass is 9.81. The van der Waals surface area contributed by atoms with E-state index < -0.39 is 46.6 Å². The summed E-state index contributed by atoms with van der Waals surface area (Å²) in [5.41, 5.74) is 1.43. The molecule has 126 valence electrons. The van der Waals surface area contributed by atoms with Crippen LogP contribution in [0, 0.1) is 5.41 Å². The Balaban J connectivity index is 3.47. The van der Waals surface area contributed by atoms with Crippen molar-refractivity contribution in [3.63, 3.8) is 0 Å². The molecule has 1 rings (SSSR count). The Morgan fingerprint density at radius 2 is 1.45 bits per heavy atom. The number of aliphatic hydroxyl groups is 1. The Morgan fingerprint density at radius 1 is 0.955 bits per heavy atom. The smallest absolute Gasteiger partial charge is 0.391 e. The van der Waals surface area contributed by atoms with Crippen LogP contribution < -0.4 is 5.73 Å². The van der Waals surface area contributed by atoms with Crippen LogP contribution in [0.2, 0.25) is 0 Å². The lowest BCUT2D eigenvalue weighted by Gasteiger charge is -2.32. The van der Waals surface area contributed by atoms with Gasteiger partial charge in [0.25, 0.3) is 0 Å². The largest absolute Gasteiger partial charge is 0.416 e. The van der Waals surface area contributed by atoms with Crippen molar-refractivity contribution in [1.29, 1.82) is 0 Å². The maximum absolute atomic E-state index is 13.0. The van der Waals surface area contributed by atoms with Crippen molar-refractivity contribution in [1.82, 2.24) is 0 Å².